The summed E-state index contributed by atoms with van der Waals surface area (Å²) in [6.45, 7) is 2.27. The average Bonchev–Trinajstić information content (AvgIpc) is 2.71. The van der Waals surface area contributed by atoms with Gasteiger partial charge in [-0.25, -0.2) is 0 Å². The monoisotopic (exact) mass is 428 g/mol. The lowest BCUT2D eigenvalue weighted by Crippen LogP contribution is -2.35. The van der Waals surface area contributed by atoms with E-state index in [1.807, 2.05) is 31.2 Å². The highest BCUT2D eigenvalue weighted by molar-refractivity contribution is 9.12. The molecule has 1 heterocycles. The van der Waals surface area contributed by atoms with Crippen LogP contribution in [-0.2, 0) is 9.59 Å². The molecule has 2 aliphatic rings. The van der Waals surface area contributed by atoms with E-state index in [4.69, 9.17) is 0 Å². The van der Waals surface area contributed by atoms with Crippen LogP contribution in [0.25, 0.3) is 0 Å². The van der Waals surface area contributed by atoms with Gasteiger partial charge >= 0.3 is 0 Å². The minimum atomic E-state index is -0.175. The molecular formula is C16H18Br2N2O2. The number of carbonyl (C=O) groups is 2. The van der Waals surface area contributed by atoms with Gasteiger partial charge in [-0.2, -0.15) is 0 Å². The maximum atomic E-state index is 12.5. The van der Waals surface area contributed by atoms with Gasteiger partial charge in [-0.1, -0.05) is 49.6 Å². The van der Waals surface area contributed by atoms with E-state index in [1.54, 1.807) is 0 Å². The van der Waals surface area contributed by atoms with E-state index in [0.29, 0.717) is 12.8 Å². The number of amides is 2. The van der Waals surface area contributed by atoms with Gasteiger partial charge in [0.05, 0.1) is 18.5 Å². The number of imide groups is 1. The molecule has 0 aromatic heterocycles. The first-order valence-electron chi connectivity index (χ1n) is 7.41. The Morgan fingerprint density at radius 2 is 1.55 bits per heavy atom. The van der Waals surface area contributed by atoms with E-state index < -0.39 is 0 Å². The molecule has 1 N–H and O–H groups in total. The lowest BCUT2D eigenvalue weighted by molar-refractivity contribution is -0.139. The van der Waals surface area contributed by atoms with Crippen molar-refractivity contribution < 1.29 is 9.59 Å². The second-order valence-corrected chi connectivity index (χ2v) is 8.37. The topological polar surface area (TPSA) is 49.4 Å². The standard InChI is InChI=1S/C16H18Br2N2O2/c1-9-2-4-10(5-3-9)19-8-20-15(21)11-6-13(17)14(18)7-12(11)16(20)22/h2-5,11-14,19H,6-8H2,1H3/t11-,12+,13+,14-. The number of hydrogen-bond acceptors (Lipinski definition) is 3. The predicted octanol–water partition coefficient (Wildman–Crippen LogP) is 3.29. The van der Waals surface area contributed by atoms with Crippen LogP contribution >= 0.6 is 31.9 Å². The zero-order chi connectivity index (χ0) is 15.9. The number of fused-ring (bicyclic) bond motifs is 1. The first-order chi connectivity index (χ1) is 10.5. The van der Waals surface area contributed by atoms with Crippen molar-refractivity contribution in [1.29, 1.82) is 0 Å². The van der Waals surface area contributed by atoms with Gasteiger partial charge in [-0.3, -0.25) is 14.5 Å². The van der Waals surface area contributed by atoms with E-state index in [1.165, 1.54) is 10.5 Å². The van der Waals surface area contributed by atoms with Crippen molar-refractivity contribution in [2.45, 2.75) is 29.4 Å². The molecule has 2 amide bonds. The number of alkyl halides is 2. The summed E-state index contributed by atoms with van der Waals surface area (Å²) in [7, 11) is 0. The number of nitrogens with one attached hydrogen (secondary N) is 1. The Morgan fingerprint density at radius 3 is 2.05 bits per heavy atom. The number of anilines is 1. The van der Waals surface area contributed by atoms with Crippen LogP contribution in [0.15, 0.2) is 24.3 Å². The third-order valence-electron chi connectivity index (χ3n) is 4.50. The minimum Gasteiger partial charge on any atom is -0.367 e. The van der Waals surface area contributed by atoms with Crippen LogP contribution in [-0.4, -0.2) is 33.0 Å². The smallest absolute Gasteiger partial charge is 0.234 e. The fourth-order valence-electron chi connectivity index (χ4n) is 3.16. The number of rotatable bonds is 3. The first kappa shape index (κ1) is 16.0. The van der Waals surface area contributed by atoms with Crippen LogP contribution in [0.2, 0.25) is 0 Å². The fraction of sp³-hybridized carbons (Fsp3) is 0.500. The Bertz CT molecular complexity index is 562. The Hall–Kier alpha value is -0.880. The molecule has 1 aromatic rings. The number of carbonyl (C=O) groups excluding carboxylic acids is 2. The molecule has 1 aliphatic heterocycles. The number of halogens is 2. The molecule has 0 unspecified atom stereocenters. The van der Waals surface area contributed by atoms with Gasteiger partial charge < -0.3 is 5.32 Å². The van der Waals surface area contributed by atoms with E-state index in [0.717, 1.165) is 5.69 Å². The van der Waals surface area contributed by atoms with Crippen LogP contribution in [0.5, 0.6) is 0 Å². The summed E-state index contributed by atoms with van der Waals surface area (Å²) in [5.41, 5.74) is 2.09. The number of nitrogens with zero attached hydrogens (tertiary/aromatic N) is 1. The third kappa shape index (κ3) is 2.95. The molecule has 2 fully saturated rings. The van der Waals surface area contributed by atoms with Crippen molar-refractivity contribution in [3.8, 4) is 0 Å². The Balaban J connectivity index is 1.68. The Morgan fingerprint density at radius 1 is 1.05 bits per heavy atom. The van der Waals surface area contributed by atoms with Crippen LogP contribution < -0.4 is 5.32 Å². The highest BCUT2D eigenvalue weighted by Crippen LogP contribution is 2.43. The molecule has 0 bridgehead atoms. The Kier molecular flexibility index (Phi) is 4.59. The number of benzene rings is 1. The number of hydrogen-bond donors (Lipinski definition) is 1. The van der Waals surface area contributed by atoms with Crippen LogP contribution in [0.1, 0.15) is 18.4 Å². The lowest BCUT2D eigenvalue weighted by atomic mass is 9.81. The van der Waals surface area contributed by atoms with Crippen molar-refractivity contribution in [3.05, 3.63) is 29.8 Å². The molecule has 118 valence electrons. The van der Waals surface area contributed by atoms with Crippen molar-refractivity contribution >= 4 is 49.4 Å². The Labute approximate surface area is 146 Å². The number of aryl methyl sites for hydroxylation is 1. The normalized spacial score (nSPS) is 31.3. The molecule has 6 heteroatoms. The van der Waals surface area contributed by atoms with Crippen molar-refractivity contribution in [2.24, 2.45) is 11.8 Å². The molecule has 1 saturated carbocycles. The van der Waals surface area contributed by atoms with Gasteiger partial charge in [0.25, 0.3) is 0 Å². The lowest BCUT2D eigenvalue weighted by Gasteiger charge is -2.29. The van der Waals surface area contributed by atoms with Gasteiger partial charge in [-0.15, -0.1) is 0 Å². The van der Waals surface area contributed by atoms with Crippen LogP contribution in [0, 0.1) is 18.8 Å². The molecule has 22 heavy (non-hydrogen) atoms. The van der Waals surface area contributed by atoms with Gasteiger partial charge in [0.15, 0.2) is 0 Å². The largest absolute Gasteiger partial charge is 0.367 e. The molecule has 0 spiro atoms. The van der Waals surface area contributed by atoms with Gasteiger partial charge in [0, 0.05) is 15.3 Å². The first-order valence-corrected chi connectivity index (χ1v) is 9.24. The molecule has 4 atom stereocenters. The summed E-state index contributed by atoms with van der Waals surface area (Å²) >= 11 is 7.19. The second kappa shape index (κ2) is 6.32. The predicted molar refractivity (Wildman–Crippen MR) is 93.2 cm³/mol. The maximum Gasteiger partial charge on any atom is 0.234 e. The summed E-state index contributed by atoms with van der Waals surface area (Å²) < 4.78 is 0. The molecular weight excluding hydrogens is 412 g/mol. The SMILES string of the molecule is Cc1ccc(NCN2C(=O)[C@H]3C[C@@H](Br)[C@@H](Br)C[C@H]3C2=O)cc1. The van der Waals surface area contributed by atoms with E-state index in [2.05, 4.69) is 37.2 Å². The van der Waals surface area contributed by atoms with Crippen molar-refractivity contribution in [2.75, 3.05) is 12.0 Å². The zero-order valence-electron chi connectivity index (χ0n) is 12.3. The summed E-state index contributed by atoms with van der Waals surface area (Å²) in [6.07, 6.45) is 1.43. The summed E-state index contributed by atoms with van der Waals surface area (Å²) in [5, 5.41) is 3.17. The summed E-state index contributed by atoms with van der Waals surface area (Å²) in [6, 6.07) is 7.91. The molecule has 1 aliphatic carbocycles. The zero-order valence-corrected chi connectivity index (χ0v) is 15.4. The third-order valence-corrected chi connectivity index (χ3v) is 7.23. The van der Waals surface area contributed by atoms with Crippen molar-refractivity contribution in [1.82, 2.24) is 4.90 Å². The van der Waals surface area contributed by atoms with E-state index >= 15 is 0 Å². The van der Waals surface area contributed by atoms with Gasteiger partial charge in [0.2, 0.25) is 11.8 Å². The highest BCUT2D eigenvalue weighted by atomic mass is 79.9. The highest BCUT2D eigenvalue weighted by Gasteiger charge is 2.51. The summed E-state index contributed by atoms with van der Waals surface area (Å²) in [4.78, 5) is 26.9. The molecule has 0 radical (unpaired) electrons. The molecule has 1 saturated heterocycles. The van der Waals surface area contributed by atoms with Gasteiger partial charge in [0.1, 0.15) is 0 Å². The maximum absolute atomic E-state index is 12.5. The van der Waals surface area contributed by atoms with Crippen LogP contribution in [0.4, 0.5) is 5.69 Å². The van der Waals surface area contributed by atoms with Crippen molar-refractivity contribution in [3.63, 3.8) is 0 Å². The average molecular weight is 430 g/mol. The quantitative estimate of drug-likeness (QED) is 0.592. The molecule has 1 aromatic carbocycles. The van der Waals surface area contributed by atoms with Crippen LogP contribution in [0.3, 0.4) is 0 Å². The van der Waals surface area contributed by atoms with E-state index in [9.17, 15) is 9.59 Å². The summed E-state index contributed by atoms with van der Waals surface area (Å²) in [5.74, 6) is -0.437. The molecule has 3 rings (SSSR count). The van der Waals surface area contributed by atoms with Gasteiger partial charge in [-0.05, 0) is 31.9 Å². The molecule has 4 nitrogen and oxygen atoms in total. The second-order valence-electron chi connectivity index (χ2n) is 6.02. The fourth-order valence-corrected chi connectivity index (χ4v) is 4.40. The van der Waals surface area contributed by atoms with E-state index in [-0.39, 0.29) is 40.0 Å². The number of likely N-dealkylation sites (tertiary alicyclic amines) is 1. The minimum absolute atomic E-state index is 0.0431.